The highest BCUT2D eigenvalue weighted by atomic mass is 32.2. The van der Waals surface area contributed by atoms with Gasteiger partial charge in [0.15, 0.2) is 0 Å². The molecule has 0 spiro atoms. The summed E-state index contributed by atoms with van der Waals surface area (Å²) < 4.78 is 32.3. The number of aromatic nitrogens is 1. The van der Waals surface area contributed by atoms with Crippen LogP contribution in [0.1, 0.15) is 32.1 Å². The smallest absolute Gasteiger partial charge is 0.242 e. The number of sulfonamides is 1. The lowest BCUT2D eigenvalue weighted by Crippen LogP contribution is -2.29. The van der Waals surface area contributed by atoms with Gasteiger partial charge in [0.2, 0.25) is 10.0 Å². The van der Waals surface area contributed by atoms with Crippen molar-refractivity contribution < 1.29 is 13.2 Å². The maximum Gasteiger partial charge on any atom is 0.242 e. The Morgan fingerprint density at radius 1 is 1.29 bits per heavy atom. The van der Waals surface area contributed by atoms with Crippen LogP contribution in [0.3, 0.4) is 0 Å². The van der Waals surface area contributed by atoms with Crippen molar-refractivity contribution in [2.24, 2.45) is 0 Å². The zero-order valence-electron chi connectivity index (χ0n) is 12.3. The Morgan fingerprint density at radius 3 is 2.67 bits per heavy atom. The summed E-state index contributed by atoms with van der Waals surface area (Å²) in [6.07, 6.45) is 7.50. The van der Waals surface area contributed by atoms with Crippen molar-refractivity contribution in [3.05, 3.63) is 18.3 Å². The number of rotatable bonds is 7. The summed E-state index contributed by atoms with van der Waals surface area (Å²) in [5.74, 6) is 0.634. The van der Waals surface area contributed by atoms with E-state index in [-0.39, 0.29) is 11.4 Å². The van der Waals surface area contributed by atoms with Gasteiger partial charge in [0, 0.05) is 19.8 Å². The summed E-state index contributed by atoms with van der Waals surface area (Å²) in [4.78, 5) is 4.17. The number of anilines is 1. The number of hydrogen-bond acceptors (Lipinski definition) is 5. The van der Waals surface area contributed by atoms with Crippen molar-refractivity contribution in [3.8, 4) is 0 Å². The molecule has 7 heteroatoms. The minimum Gasteiger partial charge on any atom is -0.377 e. The molecule has 6 nitrogen and oxygen atoms in total. The van der Waals surface area contributed by atoms with Crippen molar-refractivity contribution >= 4 is 15.8 Å². The first-order valence-electron chi connectivity index (χ1n) is 7.37. The Labute approximate surface area is 126 Å². The van der Waals surface area contributed by atoms with Crippen LogP contribution in [0.4, 0.5) is 5.82 Å². The Hall–Kier alpha value is -1.18. The summed E-state index contributed by atoms with van der Waals surface area (Å²) in [7, 11) is -1.78. The monoisotopic (exact) mass is 313 g/mol. The lowest BCUT2D eigenvalue weighted by atomic mass is 9.98. The van der Waals surface area contributed by atoms with Gasteiger partial charge in [0.05, 0.1) is 12.7 Å². The van der Waals surface area contributed by atoms with E-state index in [1.54, 1.807) is 13.1 Å². The molecule has 1 fully saturated rings. The van der Waals surface area contributed by atoms with Crippen LogP contribution in [-0.2, 0) is 14.8 Å². The van der Waals surface area contributed by atoms with Gasteiger partial charge in [-0.3, -0.25) is 0 Å². The van der Waals surface area contributed by atoms with E-state index >= 15 is 0 Å². The fourth-order valence-electron chi connectivity index (χ4n) is 2.40. The molecule has 1 aromatic rings. The Bertz CT molecular complexity index is 525. The van der Waals surface area contributed by atoms with E-state index in [1.165, 1.54) is 31.5 Å². The van der Waals surface area contributed by atoms with Crippen LogP contribution < -0.4 is 10.0 Å². The molecule has 0 atom stereocenters. The Morgan fingerprint density at radius 2 is 2.05 bits per heavy atom. The minimum absolute atomic E-state index is 0.166. The topological polar surface area (TPSA) is 80.3 Å². The number of pyridine rings is 1. The first-order valence-corrected chi connectivity index (χ1v) is 8.85. The summed E-state index contributed by atoms with van der Waals surface area (Å²) in [6.45, 7) is 0.693. The van der Waals surface area contributed by atoms with Crippen LogP contribution in [0.25, 0.3) is 0 Å². The van der Waals surface area contributed by atoms with E-state index in [1.807, 2.05) is 0 Å². The molecule has 2 rings (SSSR count). The van der Waals surface area contributed by atoms with Crippen molar-refractivity contribution in [3.63, 3.8) is 0 Å². The lowest BCUT2D eigenvalue weighted by molar-refractivity contribution is 0.0321. The quantitative estimate of drug-likeness (QED) is 0.750. The first-order chi connectivity index (χ1) is 10.1. The molecule has 1 aliphatic carbocycles. The van der Waals surface area contributed by atoms with E-state index in [9.17, 15) is 8.42 Å². The average Bonchev–Trinajstić information content (AvgIpc) is 2.53. The number of hydrogen-bond donors (Lipinski definition) is 2. The molecule has 118 valence electrons. The highest BCUT2D eigenvalue weighted by Crippen LogP contribution is 2.20. The summed E-state index contributed by atoms with van der Waals surface area (Å²) in [6, 6.07) is 3.16. The van der Waals surface area contributed by atoms with Gasteiger partial charge >= 0.3 is 0 Å². The highest BCUT2D eigenvalue weighted by Gasteiger charge is 2.16. The maximum absolute atomic E-state index is 12.1. The largest absolute Gasteiger partial charge is 0.377 e. The van der Waals surface area contributed by atoms with Crippen LogP contribution >= 0.6 is 0 Å². The fourth-order valence-corrected chi connectivity index (χ4v) is 3.36. The van der Waals surface area contributed by atoms with Gasteiger partial charge in [-0.05, 0) is 25.0 Å². The predicted molar refractivity (Wildman–Crippen MR) is 81.8 cm³/mol. The molecule has 2 N–H and O–H groups in total. The standard InChI is InChI=1S/C14H23N3O3S/c1-15-14-8-7-13(11-16-14)21(18,19)17-9-10-20-12-5-3-2-4-6-12/h7-8,11-12,17H,2-6,9-10H2,1H3,(H,15,16). The second-order valence-electron chi connectivity index (χ2n) is 5.16. The molecule has 1 aromatic heterocycles. The molecule has 0 bridgehead atoms. The van der Waals surface area contributed by atoms with Crippen LogP contribution in [0.15, 0.2) is 23.2 Å². The van der Waals surface area contributed by atoms with Crippen LogP contribution in [-0.4, -0.2) is 39.7 Å². The molecule has 21 heavy (non-hydrogen) atoms. The predicted octanol–water partition coefficient (Wildman–Crippen LogP) is 1.75. The van der Waals surface area contributed by atoms with Crippen LogP contribution in [0.2, 0.25) is 0 Å². The van der Waals surface area contributed by atoms with Gasteiger partial charge in [-0.25, -0.2) is 18.1 Å². The molecule has 1 aliphatic rings. The fraction of sp³-hybridized carbons (Fsp3) is 0.643. The Balaban J connectivity index is 1.77. The average molecular weight is 313 g/mol. The van der Waals surface area contributed by atoms with Crippen LogP contribution in [0, 0.1) is 0 Å². The Kier molecular flexibility index (Phi) is 5.96. The number of nitrogens with one attached hydrogen (secondary N) is 2. The molecular formula is C14H23N3O3S. The van der Waals surface area contributed by atoms with Crippen molar-refractivity contribution in [1.29, 1.82) is 0 Å². The third kappa shape index (κ3) is 4.94. The van der Waals surface area contributed by atoms with E-state index in [4.69, 9.17) is 4.74 Å². The SMILES string of the molecule is CNc1ccc(S(=O)(=O)NCCOC2CCCCC2)cn1. The second kappa shape index (κ2) is 7.72. The van der Waals surface area contributed by atoms with E-state index in [0.29, 0.717) is 18.5 Å². The van der Waals surface area contributed by atoms with Gasteiger partial charge in [-0.2, -0.15) is 0 Å². The highest BCUT2D eigenvalue weighted by molar-refractivity contribution is 7.89. The van der Waals surface area contributed by atoms with E-state index < -0.39 is 10.0 Å². The molecule has 0 aliphatic heterocycles. The zero-order chi connectivity index (χ0) is 15.1. The van der Waals surface area contributed by atoms with Gasteiger partial charge in [0.25, 0.3) is 0 Å². The summed E-state index contributed by atoms with van der Waals surface area (Å²) >= 11 is 0. The van der Waals surface area contributed by atoms with Gasteiger partial charge < -0.3 is 10.1 Å². The molecule has 1 heterocycles. The van der Waals surface area contributed by atoms with E-state index in [0.717, 1.165) is 12.8 Å². The molecule has 0 aromatic carbocycles. The minimum atomic E-state index is -3.51. The third-order valence-electron chi connectivity index (χ3n) is 3.60. The number of ether oxygens (including phenoxy) is 1. The first kappa shape index (κ1) is 16.2. The van der Waals surface area contributed by atoms with Crippen molar-refractivity contribution in [2.75, 3.05) is 25.5 Å². The molecule has 0 radical (unpaired) electrons. The van der Waals surface area contributed by atoms with Crippen molar-refractivity contribution in [2.45, 2.75) is 43.1 Å². The van der Waals surface area contributed by atoms with Crippen molar-refractivity contribution in [1.82, 2.24) is 9.71 Å². The lowest BCUT2D eigenvalue weighted by Gasteiger charge is -2.21. The summed E-state index contributed by atoms with van der Waals surface area (Å²) in [5.41, 5.74) is 0. The summed E-state index contributed by atoms with van der Waals surface area (Å²) in [5, 5.41) is 2.85. The van der Waals surface area contributed by atoms with Gasteiger partial charge in [-0.15, -0.1) is 0 Å². The normalized spacial score (nSPS) is 16.8. The molecule has 1 saturated carbocycles. The molecule has 0 unspecified atom stereocenters. The zero-order valence-corrected chi connectivity index (χ0v) is 13.2. The second-order valence-corrected chi connectivity index (χ2v) is 6.92. The molecule has 0 amide bonds. The van der Waals surface area contributed by atoms with Gasteiger partial charge in [0.1, 0.15) is 10.7 Å². The molecule has 0 saturated heterocycles. The maximum atomic E-state index is 12.1. The van der Waals surface area contributed by atoms with Gasteiger partial charge in [-0.1, -0.05) is 19.3 Å². The number of nitrogens with zero attached hydrogens (tertiary/aromatic N) is 1. The van der Waals surface area contributed by atoms with Crippen LogP contribution in [0.5, 0.6) is 0 Å². The van der Waals surface area contributed by atoms with E-state index in [2.05, 4.69) is 15.0 Å². The third-order valence-corrected chi connectivity index (χ3v) is 5.05. The molecular weight excluding hydrogens is 290 g/mol.